The van der Waals surface area contributed by atoms with Crippen LogP contribution in [0.1, 0.15) is 37.0 Å². The quantitative estimate of drug-likeness (QED) is 0.710. The van der Waals surface area contributed by atoms with E-state index in [1.54, 1.807) is 4.90 Å². The number of anilines is 1. The Bertz CT molecular complexity index is 836. The van der Waals surface area contributed by atoms with Gasteiger partial charge in [0.05, 0.1) is 0 Å². The number of halogens is 1. The van der Waals surface area contributed by atoms with E-state index >= 15 is 0 Å². The highest BCUT2D eigenvalue weighted by atomic mass is 35.5. The lowest BCUT2D eigenvalue weighted by Gasteiger charge is -2.36. The van der Waals surface area contributed by atoms with E-state index < -0.39 is 6.04 Å². The predicted molar refractivity (Wildman–Crippen MR) is 119 cm³/mol. The largest absolute Gasteiger partial charge is 0.399 e. The molecule has 0 aliphatic carbocycles. The summed E-state index contributed by atoms with van der Waals surface area (Å²) in [7, 11) is 0. The van der Waals surface area contributed by atoms with Gasteiger partial charge in [-0.3, -0.25) is 9.59 Å². The Balaban J connectivity index is 0.00000300. The summed E-state index contributed by atoms with van der Waals surface area (Å²) < 4.78 is 0. The average molecular weight is 416 g/mol. The molecule has 0 fully saturated rings. The number of nitrogens with two attached hydrogens (primary N) is 1. The first-order chi connectivity index (χ1) is 13.4. The van der Waals surface area contributed by atoms with E-state index in [0.717, 1.165) is 28.8 Å². The Morgan fingerprint density at radius 1 is 1.10 bits per heavy atom. The second-order valence-corrected chi connectivity index (χ2v) is 7.89. The van der Waals surface area contributed by atoms with Crippen LogP contribution in [0.3, 0.4) is 0 Å². The third-order valence-electron chi connectivity index (χ3n) is 5.15. The maximum Gasteiger partial charge on any atom is 0.243 e. The highest BCUT2D eigenvalue weighted by Crippen LogP contribution is 2.25. The van der Waals surface area contributed by atoms with E-state index in [-0.39, 0.29) is 30.1 Å². The van der Waals surface area contributed by atoms with Gasteiger partial charge in [0.25, 0.3) is 0 Å². The van der Waals surface area contributed by atoms with Crippen LogP contribution in [0.25, 0.3) is 0 Å². The summed E-state index contributed by atoms with van der Waals surface area (Å²) in [6, 6.07) is 15.3. The minimum absolute atomic E-state index is 0. The molecule has 5 nitrogen and oxygen atoms in total. The zero-order chi connectivity index (χ0) is 20.1. The molecule has 1 aliphatic rings. The molecule has 0 aromatic heterocycles. The molecule has 2 aromatic carbocycles. The second kappa shape index (κ2) is 10.3. The van der Waals surface area contributed by atoms with E-state index in [0.29, 0.717) is 25.9 Å². The fourth-order valence-corrected chi connectivity index (χ4v) is 3.62. The number of fused-ring (bicyclic) bond motifs is 1. The van der Waals surface area contributed by atoms with Gasteiger partial charge in [0.15, 0.2) is 0 Å². The van der Waals surface area contributed by atoms with Crippen LogP contribution in [0.5, 0.6) is 0 Å². The van der Waals surface area contributed by atoms with Crippen LogP contribution >= 0.6 is 12.4 Å². The molecule has 3 rings (SSSR count). The van der Waals surface area contributed by atoms with E-state index in [1.807, 2.05) is 62.4 Å². The van der Waals surface area contributed by atoms with Crippen molar-refractivity contribution in [1.82, 2.24) is 10.2 Å². The number of amides is 2. The summed E-state index contributed by atoms with van der Waals surface area (Å²) in [5.41, 5.74) is 9.84. The van der Waals surface area contributed by atoms with Crippen molar-refractivity contribution < 1.29 is 9.59 Å². The summed E-state index contributed by atoms with van der Waals surface area (Å²) in [4.78, 5) is 27.5. The normalized spacial score (nSPS) is 15.4. The summed E-state index contributed by atoms with van der Waals surface area (Å²) in [5, 5.41) is 3.02. The molecule has 0 radical (unpaired) electrons. The Labute approximate surface area is 179 Å². The van der Waals surface area contributed by atoms with E-state index in [2.05, 4.69) is 5.32 Å². The third kappa shape index (κ3) is 5.97. The Morgan fingerprint density at radius 2 is 1.76 bits per heavy atom. The molecule has 1 heterocycles. The first kappa shape index (κ1) is 22.8. The van der Waals surface area contributed by atoms with Crippen molar-refractivity contribution in [3.63, 3.8) is 0 Å². The van der Waals surface area contributed by atoms with Crippen molar-refractivity contribution in [3.8, 4) is 0 Å². The number of hydrogen-bond acceptors (Lipinski definition) is 3. The summed E-state index contributed by atoms with van der Waals surface area (Å²) in [5.74, 6) is 0.226. The van der Waals surface area contributed by atoms with Crippen LogP contribution in [-0.2, 0) is 29.0 Å². The number of carbonyl (C=O) groups is 2. The van der Waals surface area contributed by atoms with Crippen molar-refractivity contribution in [2.45, 2.75) is 45.7 Å². The van der Waals surface area contributed by atoms with Gasteiger partial charge < -0.3 is 16.0 Å². The van der Waals surface area contributed by atoms with Gasteiger partial charge >= 0.3 is 0 Å². The summed E-state index contributed by atoms with van der Waals surface area (Å²) in [6.07, 6.45) is 1.75. The van der Waals surface area contributed by atoms with Gasteiger partial charge in [-0.15, -0.1) is 12.4 Å². The fraction of sp³-hybridized carbons (Fsp3) is 0.391. The zero-order valence-corrected chi connectivity index (χ0v) is 17.9. The standard InChI is InChI=1S/C23H29N3O2.ClH/c1-16(2)13-22(27)26-15-19-6-4-3-5-18(19)14-21(26)23(28)25-12-11-17-7-9-20(24)10-8-17;/h3-10,16,21H,11-15,24H2,1-2H3,(H,25,28);1H. The monoisotopic (exact) mass is 415 g/mol. The van der Waals surface area contributed by atoms with Gasteiger partial charge in [0.1, 0.15) is 6.04 Å². The molecule has 2 amide bonds. The number of rotatable bonds is 6. The number of benzene rings is 2. The SMILES string of the molecule is CC(C)CC(=O)N1Cc2ccccc2CC1C(=O)NCCc1ccc(N)cc1.Cl. The predicted octanol–water partition coefficient (Wildman–Crippen LogP) is 3.35. The summed E-state index contributed by atoms with van der Waals surface area (Å²) in [6.45, 7) is 5.08. The van der Waals surface area contributed by atoms with Crippen LogP contribution in [0.2, 0.25) is 0 Å². The third-order valence-corrected chi connectivity index (χ3v) is 5.15. The number of hydrogen-bond donors (Lipinski definition) is 2. The van der Waals surface area contributed by atoms with Gasteiger partial charge in [-0.2, -0.15) is 0 Å². The number of nitrogens with one attached hydrogen (secondary N) is 1. The second-order valence-electron chi connectivity index (χ2n) is 7.89. The molecule has 0 spiro atoms. The van der Waals surface area contributed by atoms with Crippen molar-refractivity contribution in [2.24, 2.45) is 5.92 Å². The highest BCUT2D eigenvalue weighted by molar-refractivity contribution is 5.88. The smallest absolute Gasteiger partial charge is 0.243 e. The van der Waals surface area contributed by atoms with Gasteiger partial charge in [-0.05, 0) is 41.2 Å². The highest BCUT2D eigenvalue weighted by Gasteiger charge is 2.34. The molecular formula is C23H30ClN3O2. The minimum Gasteiger partial charge on any atom is -0.399 e. The topological polar surface area (TPSA) is 75.4 Å². The Morgan fingerprint density at radius 3 is 2.41 bits per heavy atom. The molecule has 0 saturated carbocycles. The first-order valence-corrected chi connectivity index (χ1v) is 9.92. The van der Waals surface area contributed by atoms with Gasteiger partial charge in [-0.1, -0.05) is 50.2 Å². The number of carbonyl (C=O) groups excluding carboxylic acids is 2. The van der Waals surface area contributed by atoms with E-state index in [1.165, 1.54) is 0 Å². The maximum atomic E-state index is 12.9. The van der Waals surface area contributed by atoms with Crippen molar-refractivity contribution in [3.05, 3.63) is 65.2 Å². The van der Waals surface area contributed by atoms with E-state index in [9.17, 15) is 9.59 Å². The molecule has 29 heavy (non-hydrogen) atoms. The molecule has 156 valence electrons. The Kier molecular flexibility index (Phi) is 8.09. The number of nitrogens with zero attached hydrogens (tertiary/aromatic N) is 1. The number of nitrogen functional groups attached to an aromatic ring is 1. The Hall–Kier alpha value is -2.53. The molecule has 2 aromatic rings. The lowest BCUT2D eigenvalue weighted by atomic mass is 9.92. The molecule has 3 N–H and O–H groups in total. The minimum atomic E-state index is -0.451. The molecule has 1 unspecified atom stereocenters. The molecule has 1 atom stereocenters. The van der Waals surface area contributed by atoms with Gasteiger partial charge in [0.2, 0.25) is 11.8 Å². The van der Waals surface area contributed by atoms with Crippen LogP contribution in [0.4, 0.5) is 5.69 Å². The van der Waals surface area contributed by atoms with Crippen LogP contribution in [0, 0.1) is 5.92 Å². The fourth-order valence-electron chi connectivity index (χ4n) is 3.62. The lowest BCUT2D eigenvalue weighted by molar-refractivity contribution is -0.142. The first-order valence-electron chi connectivity index (χ1n) is 9.92. The lowest BCUT2D eigenvalue weighted by Crippen LogP contribution is -2.53. The van der Waals surface area contributed by atoms with Crippen LogP contribution < -0.4 is 11.1 Å². The van der Waals surface area contributed by atoms with Crippen molar-refractivity contribution >= 4 is 29.9 Å². The van der Waals surface area contributed by atoms with Crippen LogP contribution in [0.15, 0.2) is 48.5 Å². The molecule has 0 bridgehead atoms. The van der Waals surface area contributed by atoms with Gasteiger partial charge in [0, 0.05) is 31.6 Å². The molecule has 0 saturated heterocycles. The zero-order valence-electron chi connectivity index (χ0n) is 17.1. The molecule has 6 heteroatoms. The van der Waals surface area contributed by atoms with Gasteiger partial charge in [-0.25, -0.2) is 0 Å². The van der Waals surface area contributed by atoms with Crippen LogP contribution in [-0.4, -0.2) is 29.3 Å². The summed E-state index contributed by atoms with van der Waals surface area (Å²) >= 11 is 0. The van der Waals surface area contributed by atoms with Crippen molar-refractivity contribution in [1.29, 1.82) is 0 Å². The maximum absolute atomic E-state index is 12.9. The molecule has 1 aliphatic heterocycles. The van der Waals surface area contributed by atoms with Crippen molar-refractivity contribution in [2.75, 3.05) is 12.3 Å². The average Bonchev–Trinajstić information content (AvgIpc) is 2.68. The molecular weight excluding hydrogens is 386 g/mol. The van der Waals surface area contributed by atoms with E-state index in [4.69, 9.17) is 5.73 Å².